The van der Waals surface area contributed by atoms with Crippen molar-refractivity contribution in [2.75, 3.05) is 18.1 Å². The number of hydrogen-bond acceptors (Lipinski definition) is 5. The Kier molecular flexibility index (Phi) is 7.14. The fourth-order valence-electron chi connectivity index (χ4n) is 3.78. The highest BCUT2D eigenvalue weighted by atomic mass is 35.5. The highest BCUT2D eigenvalue weighted by Gasteiger charge is 2.19. The summed E-state index contributed by atoms with van der Waals surface area (Å²) in [7, 11) is 0. The van der Waals surface area contributed by atoms with Gasteiger partial charge in [0.25, 0.3) is 0 Å². The highest BCUT2D eigenvalue weighted by Crippen LogP contribution is 2.35. The Bertz CT molecular complexity index is 1090. The lowest BCUT2D eigenvalue weighted by Crippen LogP contribution is -2.17. The molecular formula is C25H24ClN3O3. The number of ether oxygens (including phenoxy) is 1. The molecule has 0 amide bonds. The fraction of sp³-hybridized carbons (Fsp3) is 0.240. The molecule has 0 radical (unpaired) electrons. The molecule has 32 heavy (non-hydrogen) atoms. The van der Waals surface area contributed by atoms with Crippen LogP contribution in [0.25, 0.3) is 5.57 Å². The smallest absolute Gasteiger partial charge is 0.329 e. The van der Waals surface area contributed by atoms with E-state index in [0.717, 1.165) is 47.7 Å². The number of benzene rings is 2. The number of para-hydroxylation sites is 1. The summed E-state index contributed by atoms with van der Waals surface area (Å²) in [5.74, 6) is 0.112. The second kappa shape index (κ2) is 10.4. The number of halogens is 1. The molecule has 2 aromatic carbocycles. The van der Waals surface area contributed by atoms with Crippen molar-refractivity contribution >= 4 is 40.3 Å². The Labute approximate surface area is 192 Å². The zero-order valence-corrected chi connectivity index (χ0v) is 18.3. The molecule has 1 aliphatic rings. The van der Waals surface area contributed by atoms with Crippen molar-refractivity contribution in [2.45, 2.75) is 19.3 Å². The molecule has 4 rings (SSSR count). The van der Waals surface area contributed by atoms with Crippen LogP contribution >= 0.6 is 11.6 Å². The summed E-state index contributed by atoms with van der Waals surface area (Å²) in [6.07, 6.45) is 8.34. The van der Waals surface area contributed by atoms with Crippen molar-refractivity contribution < 1.29 is 14.6 Å². The third-order valence-corrected chi connectivity index (χ3v) is 5.63. The average Bonchev–Trinajstić information content (AvgIpc) is 2.82. The number of allylic oxidation sites excluding steroid dienone is 2. The van der Waals surface area contributed by atoms with Crippen LogP contribution in [0.1, 0.15) is 25.0 Å². The first kappa shape index (κ1) is 22.0. The van der Waals surface area contributed by atoms with Crippen molar-refractivity contribution in [1.82, 2.24) is 9.97 Å². The number of anilines is 3. The normalized spacial score (nSPS) is 15.8. The molecular weight excluding hydrogens is 426 g/mol. The molecule has 1 aromatic heterocycles. The van der Waals surface area contributed by atoms with E-state index in [2.05, 4.69) is 16.0 Å². The number of rotatable bonds is 8. The summed E-state index contributed by atoms with van der Waals surface area (Å²) in [5, 5.41) is 9.40. The number of carboxylic acid groups (broad SMARTS) is 1. The molecule has 0 spiro atoms. The third kappa shape index (κ3) is 5.52. The van der Waals surface area contributed by atoms with Crippen LogP contribution in [0.3, 0.4) is 0 Å². The predicted molar refractivity (Wildman–Crippen MR) is 125 cm³/mol. The van der Waals surface area contributed by atoms with Gasteiger partial charge in [-0.3, -0.25) is 9.88 Å². The van der Waals surface area contributed by atoms with Gasteiger partial charge in [-0.25, -0.2) is 9.78 Å². The maximum Gasteiger partial charge on any atom is 0.329 e. The Morgan fingerprint density at radius 2 is 1.84 bits per heavy atom. The van der Waals surface area contributed by atoms with Gasteiger partial charge in [0.15, 0.2) is 5.82 Å². The molecule has 1 atom stereocenters. The lowest BCUT2D eigenvalue weighted by atomic mass is 9.89. The van der Waals surface area contributed by atoms with Crippen molar-refractivity contribution in [3.05, 3.63) is 83.8 Å². The van der Waals surface area contributed by atoms with Crippen molar-refractivity contribution in [1.29, 1.82) is 0 Å². The molecule has 0 saturated carbocycles. The minimum Gasteiger partial charge on any atom is -0.480 e. The monoisotopic (exact) mass is 449 g/mol. The zero-order valence-electron chi connectivity index (χ0n) is 17.5. The van der Waals surface area contributed by atoms with E-state index >= 15 is 0 Å². The van der Waals surface area contributed by atoms with Gasteiger partial charge in [-0.2, -0.15) is 0 Å². The summed E-state index contributed by atoms with van der Waals surface area (Å²) in [6, 6.07) is 17.7. The third-order valence-electron chi connectivity index (χ3n) is 5.38. The van der Waals surface area contributed by atoms with E-state index in [1.165, 1.54) is 0 Å². The summed E-state index contributed by atoms with van der Waals surface area (Å²) < 4.78 is 5.26. The number of carbonyl (C=O) groups is 1. The maximum atomic E-state index is 10.6. The Morgan fingerprint density at radius 3 is 2.53 bits per heavy atom. The van der Waals surface area contributed by atoms with Gasteiger partial charge in [-0.15, -0.1) is 0 Å². The lowest BCUT2D eigenvalue weighted by molar-refractivity contribution is -0.142. The highest BCUT2D eigenvalue weighted by molar-refractivity contribution is 6.30. The standard InChI is InChI=1S/C25H24ClN3O3/c26-20-10-12-22(13-11-20)29(21-4-2-1-3-5-21)24-15-27-14-23(28-24)19-8-6-18(7-9-19)16-32-17-25(30)31/h1-5,8,10-15,18H,6-7,9,16-17H2,(H,30,31). The number of nitrogens with zero attached hydrogens (tertiary/aromatic N) is 3. The van der Waals surface area contributed by atoms with Crippen LogP contribution in [0.2, 0.25) is 5.02 Å². The summed E-state index contributed by atoms with van der Waals surface area (Å²) in [4.78, 5) is 22.1. The van der Waals surface area contributed by atoms with Gasteiger partial charge in [0.1, 0.15) is 6.61 Å². The molecule has 3 aromatic rings. The van der Waals surface area contributed by atoms with E-state index in [4.69, 9.17) is 26.4 Å². The van der Waals surface area contributed by atoms with Crippen LogP contribution in [-0.4, -0.2) is 34.3 Å². The minimum absolute atomic E-state index is 0.249. The average molecular weight is 450 g/mol. The summed E-state index contributed by atoms with van der Waals surface area (Å²) in [5.41, 5.74) is 3.93. The van der Waals surface area contributed by atoms with Gasteiger partial charge < -0.3 is 9.84 Å². The molecule has 1 aliphatic carbocycles. The van der Waals surface area contributed by atoms with Crippen molar-refractivity contribution in [3.63, 3.8) is 0 Å². The predicted octanol–water partition coefficient (Wildman–Crippen LogP) is 5.88. The van der Waals surface area contributed by atoms with Crippen LogP contribution in [0.4, 0.5) is 17.2 Å². The van der Waals surface area contributed by atoms with E-state index in [1.54, 1.807) is 12.4 Å². The van der Waals surface area contributed by atoms with Gasteiger partial charge in [-0.05, 0) is 67.2 Å². The Morgan fingerprint density at radius 1 is 1.09 bits per heavy atom. The zero-order chi connectivity index (χ0) is 22.3. The van der Waals surface area contributed by atoms with Gasteiger partial charge in [0.2, 0.25) is 0 Å². The Hall–Kier alpha value is -3.22. The Balaban J connectivity index is 1.57. The van der Waals surface area contributed by atoms with Crippen molar-refractivity contribution in [2.24, 2.45) is 5.92 Å². The molecule has 0 fully saturated rings. The van der Waals surface area contributed by atoms with Crippen LogP contribution in [0, 0.1) is 5.92 Å². The number of hydrogen-bond donors (Lipinski definition) is 1. The van der Waals surface area contributed by atoms with Crippen molar-refractivity contribution in [3.8, 4) is 0 Å². The molecule has 0 aliphatic heterocycles. The van der Waals surface area contributed by atoms with E-state index in [0.29, 0.717) is 17.5 Å². The molecule has 6 nitrogen and oxygen atoms in total. The minimum atomic E-state index is -0.937. The van der Waals surface area contributed by atoms with E-state index in [-0.39, 0.29) is 6.61 Å². The van der Waals surface area contributed by atoms with Crippen LogP contribution in [0.15, 0.2) is 73.1 Å². The topological polar surface area (TPSA) is 75.6 Å². The molecule has 1 N–H and O–H groups in total. The molecule has 7 heteroatoms. The summed E-state index contributed by atoms with van der Waals surface area (Å²) in [6.45, 7) is 0.209. The first-order chi connectivity index (χ1) is 15.6. The number of aromatic nitrogens is 2. The van der Waals surface area contributed by atoms with Gasteiger partial charge >= 0.3 is 5.97 Å². The van der Waals surface area contributed by atoms with Gasteiger partial charge in [0.05, 0.1) is 24.7 Å². The first-order valence-corrected chi connectivity index (χ1v) is 10.9. The first-order valence-electron chi connectivity index (χ1n) is 10.5. The number of carboxylic acids is 1. The largest absolute Gasteiger partial charge is 0.480 e. The maximum absolute atomic E-state index is 10.6. The van der Waals surface area contributed by atoms with E-state index in [9.17, 15) is 4.79 Å². The van der Waals surface area contributed by atoms with E-state index in [1.807, 2.05) is 54.6 Å². The molecule has 1 heterocycles. The van der Waals surface area contributed by atoms with Gasteiger partial charge in [0, 0.05) is 16.4 Å². The number of aliphatic carboxylic acids is 1. The molecule has 0 saturated heterocycles. The van der Waals surface area contributed by atoms with E-state index < -0.39 is 5.97 Å². The summed E-state index contributed by atoms with van der Waals surface area (Å²) >= 11 is 6.10. The molecule has 0 bridgehead atoms. The second-order valence-corrected chi connectivity index (χ2v) is 8.12. The molecule has 164 valence electrons. The molecule has 1 unspecified atom stereocenters. The van der Waals surface area contributed by atoms with Crippen LogP contribution in [0.5, 0.6) is 0 Å². The second-order valence-electron chi connectivity index (χ2n) is 7.69. The SMILES string of the molecule is O=C(O)COCC1CC=C(c2cncc(N(c3ccccc3)c3ccc(Cl)cc3)n2)CC1. The van der Waals surface area contributed by atoms with Crippen LogP contribution in [-0.2, 0) is 9.53 Å². The fourth-order valence-corrected chi connectivity index (χ4v) is 3.91. The van der Waals surface area contributed by atoms with Crippen LogP contribution < -0.4 is 4.90 Å². The quantitative estimate of drug-likeness (QED) is 0.462. The lowest BCUT2D eigenvalue weighted by Gasteiger charge is -2.25. The van der Waals surface area contributed by atoms with Gasteiger partial charge in [-0.1, -0.05) is 35.9 Å².